The summed E-state index contributed by atoms with van der Waals surface area (Å²) in [6.07, 6.45) is 2.06. The molecule has 0 spiro atoms. The van der Waals surface area contributed by atoms with Crippen molar-refractivity contribution in [3.63, 3.8) is 0 Å². The Labute approximate surface area is 164 Å². The molecule has 0 radical (unpaired) electrons. The first kappa shape index (κ1) is 19.0. The Morgan fingerprint density at radius 2 is 1.96 bits per heavy atom. The van der Waals surface area contributed by atoms with Crippen molar-refractivity contribution < 1.29 is 9.53 Å². The zero-order chi connectivity index (χ0) is 18.4. The summed E-state index contributed by atoms with van der Waals surface area (Å²) in [5.74, 6) is 0.354. The fraction of sp³-hybridized carbons (Fsp3) is 0.350. The molecule has 0 aliphatic carbocycles. The number of benzene rings is 2. The van der Waals surface area contributed by atoms with Crippen LogP contribution < -0.4 is 5.32 Å². The summed E-state index contributed by atoms with van der Waals surface area (Å²) >= 11 is 11.9. The van der Waals surface area contributed by atoms with Gasteiger partial charge in [-0.2, -0.15) is 0 Å². The van der Waals surface area contributed by atoms with Gasteiger partial charge in [0.25, 0.3) is 0 Å². The monoisotopic (exact) mass is 392 g/mol. The van der Waals surface area contributed by atoms with Crippen molar-refractivity contribution >= 4 is 34.9 Å². The number of urea groups is 1. The molecule has 1 N–H and O–H groups in total. The Morgan fingerprint density at radius 3 is 2.73 bits per heavy atom. The molecule has 4 nitrogen and oxygen atoms in total. The third-order valence-electron chi connectivity index (χ3n) is 4.44. The second-order valence-electron chi connectivity index (χ2n) is 6.51. The highest BCUT2D eigenvalue weighted by Gasteiger charge is 2.24. The molecule has 1 saturated heterocycles. The number of piperidine rings is 1. The van der Waals surface area contributed by atoms with Gasteiger partial charge in [-0.3, -0.25) is 0 Å². The molecule has 2 aromatic carbocycles. The molecule has 0 saturated carbocycles. The van der Waals surface area contributed by atoms with Gasteiger partial charge in [-0.15, -0.1) is 0 Å². The minimum atomic E-state index is -0.115. The number of amides is 2. The summed E-state index contributed by atoms with van der Waals surface area (Å²) in [6.45, 7) is 2.71. The molecule has 1 aliphatic heterocycles. The van der Waals surface area contributed by atoms with Crippen LogP contribution in [0.1, 0.15) is 18.4 Å². The molecule has 1 heterocycles. The lowest BCUT2D eigenvalue weighted by atomic mass is 9.99. The van der Waals surface area contributed by atoms with Crippen LogP contribution >= 0.6 is 23.2 Å². The molecule has 1 aliphatic rings. The molecule has 1 unspecified atom stereocenters. The van der Waals surface area contributed by atoms with E-state index in [0.29, 0.717) is 41.4 Å². The molecule has 26 heavy (non-hydrogen) atoms. The lowest BCUT2D eigenvalue weighted by molar-refractivity contribution is 0.0606. The van der Waals surface area contributed by atoms with Crippen molar-refractivity contribution in [2.75, 3.05) is 25.0 Å². The van der Waals surface area contributed by atoms with E-state index in [1.165, 1.54) is 0 Å². The standard InChI is InChI=1S/C20H22Cl2N2O2/c21-18-9-8-17(11-19(18)22)23-20(25)24-10-4-7-16(12-24)14-26-13-15-5-2-1-3-6-15/h1-3,5-6,8-9,11,16H,4,7,10,12-14H2,(H,23,25). The number of likely N-dealkylation sites (tertiary alicyclic amines) is 1. The number of carbonyl (C=O) groups excluding carboxylic acids is 1. The van der Waals surface area contributed by atoms with E-state index >= 15 is 0 Å². The predicted molar refractivity (Wildman–Crippen MR) is 106 cm³/mol. The summed E-state index contributed by atoms with van der Waals surface area (Å²) in [5, 5.41) is 3.78. The van der Waals surface area contributed by atoms with Crippen LogP contribution in [-0.2, 0) is 11.3 Å². The predicted octanol–water partition coefficient (Wildman–Crippen LogP) is 5.45. The number of carbonyl (C=O) groups is 1. The number of halogens is 2. The molecule has 1 atom stereocenters. The van der Waals surface area contributed by atoms with Crippen LogP contribution in [0.15, 0.2) is 48.5 Å². The van der Waals surface area contributed by atoms with Gasteiger partial charge in [0.05, 0.1) is 23.3 Å². The topological polar surface area (TPSA) is 41.6 Å². The average molecular weight is 393 g/mol. The molecule has 138 valence electrons. The summed E-state index contributed by atoms with van der Waals surface area (Å²) < 4.78 is 5.84. The Kier molecular flexibility index (Phi) is 6.78. The zero-order valence-electron chi connectivity index (χ0n) is 14.5. The van der Waals surface area contributed by atoms with E-state index < -0.39 is 0 Å². The van der Waals surface area contributed by atoms with Crippen LogP contribution in [-0.4, -0.2) is 30.6 Å². The van der Waals surface area contributed by atoms with Crippen molar-refractivity contribution in [1.29, 1.82) is 0 Å². The van der Waals surface area contributed by atoms with E-state index in [1.807, 2.05) is 23.1 Å². The van der Waals surface area contributed by atoms with Gasteiger partial charge in [-0.05, 0) is 36.6 Å². The third kappa shape index (κ3) is 5.37. The van der Waals surface area contributed by atoms with E-state index in [0.717, 1.165) is 24.9 Å². The number of nitrogens with one attached hydrogen (secondary N) is 1. The largest absolute Gasteiger partial charge is 0.376 e. The molecular weight excluding hydrogens is 371 g/mol. The smallest absolute Gasteiger partial charge is 0.321 e. The Balaban J connectivity index is 1.47. The highest BCUT2D eigenvalue weighted by Crippen LogP contribution is 2.25. The highest BCUT2D eigenvalue weighted by molar-refractivity contribution is 6.42. The number of rotatable bonds is 5. The Hall–Kier alpha value is -1.75. The molecule has 1 fully saturated rings. The maximum atomic E-state index is 12.5. The van der Waals surface area contributed by atoms with Crippen LogP contribution in [0.25, 0.3) is 0 Å². The molecule has 3 rings (SSSR count). The summed E-state index contributed by atoms with van der Waals surface area (Å²) in [4.78, 5) is 14.3. The highest BCUT2D eigenvalue weighted by atomic mass is 35.5. The third-order valence-corrected chi connectivity index (χ3v) is 5.18. The van der Waals surface area contributed by atoms with Crippen LogP contribution in [0.2, 0.25) is 10.0 Å². The van der Waals surface area contributed by atoms with Crippen molar-refractivity contribution in [2.45, 2.75) is 19.4 Å². The lowest BCUT2D eigenvalue weighted by Gasteiger charge is -2.32. The number of nitrogens with zero attached hydrogens (tertiary/aromatic N) is 1. The maximum Gasteiger partial charge on any atom is 0.321 e. The van der Waals surface area contributed by atoms with Crippen LogP contribution in [0.4, 0.5) is 10.5 Å². The molecule has 6 heteroatoms. The minimum Gasteiger partial charge on any atom is -0.376 e. The fourth-order valence-corrected chi connectivity index (χ4v) is 3.38. The van der Waals surface area contributed by atoms with Gasteiger partial charge in [0.2, 0.25) is 0 Å². The first-order valence-corrected chi connectivity index (χ1v) is 9.50. The van der Waals surface area contributed by atoms with Crippen molar-refractivity contribution in [2.24, 2.45) is 5.92 Å². The average Bonchev–Trinajstić information content (AvgIpc) is 2.66. The van der Waals surface area contributed by atoms with E-state index in [1.54, 1.807) is 18.2 Å². The van der Waals surface area contributed by atoms with Crippen molar-refractivity contribution in [1.82, 2.24) is 4.90 Å². The molecule has 0 aromatic heterocycles. The van der Waals surface area contributed by atoms with E-state index in [2.05, 4.69) is 17.4 Å². The van der Waals surface area contributed by atoms with Gasteiger partial charge >= 0.3 is 6.03 Å². The van der Waals surface area contributed by atoms with E-state index in [9.17, 15) is 4.79 Å². The first-order valence-electron chi connectivity index (χ1n) is 8.74. The zero-order valence-corrected chi connectivity index (χ0v) is 16.0. The summed E-state index contributed by atoms with van der Waals surface area (Å²) in [7, 11) is 0. The summed E-state index contributed by atoms with van der Waals surface area (Å²) in [6, 6.07) is 15.1. The van der Waals surface area contributed by atoms with Crippen LogP contribution in [0.3, 0.4) is 0 Å². The number of ether oxygens (including phenoxy) is 1. The fourth-order valence-electron chi connectivity index (χ4n) is 3.08. The van der Waals surface area contributed by atoms with Gasteiger partial charge in [0, 0.05) is 24.7 Å². The van der Waals surface area contributed by atoms with Crippen LogP contribution in [0.5, 0.6) is 0 Å². The molecule has 0 bridgehead atoms. The second kappa shape index (κ2) is 9.26. The van der Waals surface area contributed by atoms with Gasteiger partial charge < -0.3 is 15.0 Å². The maximum absolute atomic E-state index is 12.5. The first-order chi connectivity index (χ1) is 12.6. The number of hydrogen-bond donors (Lipinski definition) is 1. The van der Waals surface area contributed by atoms with E-state index in [4.69, 9.17) is 27.9 Å². The normalized spacial score (nSPS) is 17.2. The van der Waals surface area contributed by atoms with Gasteiger partial charge in [-0.25, -0.2) is 4.79 Å². The Morgan fingerprint density at radius 1 is 1.15 bits per heavy atom. The van der Waals surface area contributed by atoms with Crippen molar-refractivity contribution in [3.05, 3.63) is 64.1 Å². The lowest BCUT2D eigenvalue weighted by Crippen LogP contribution is -2.43. The van der Waals surface area contributed by atoms with E-state index in [-0.39, 0.29) is 6.03 Å². The second-order valence-corrected chi connectivity index (χ2v) is 7.33. The Bertz CT molecular complexity index is 740. The SMILES string of the molecule is O=C(Nc1ccc(Cl)c(Cl)c1)N1CCCC(COCc2ccccc2)C1. The van der Waals surface area contributed by atoms with Gasteiger partial charge in [0.15, 0.2) is 0 Å². The number of hydrogen-bond acceptors (Lipinski definition) is 2. The van der Waals surface area contributed by atoms with Crippen LogP contribution in [0, 0.1) is 5.92 Å². The minimum absolute atomic E-state index is 0.115. The number of anilines is 1. The molecule has 2 amide bonds. The van der Waals surface area contributed by atoms with Crippen molar-refractivity contribution in [3.8, 4) is 0 Å². The molecule has 2 aromatic rings. The quantitative estimate of drug-likeness (QED) is 0.734. The molecular formula is C20H22Cl2N2O2. The summed E-state index contributed by atoms with van der Waals surface area (Å²) in [5.41, 5.74) is 1.81. The van der Waals surface area contributed by atoms with Gasteiger partial charge in [0.1, 0.15) is 0 Å². The van der Waals surface area contributed by atoms with Gasteiger partial charge in [-0.1, -0.05) is 53.5 Å².